The van der Waals surface area contributed by atoms with Crippen LogP contribution in [-0.2, 0) is 13.6 Å². The molecule has 7 nitrogen and oxygen atoms in total. The molecule has 2 aliphatic heterocycles. The van der Waals surface area contributed by atoms with Gasteiger partial charge in [0.2, 0.25) is 0 Å². The molecule has 3 aromatic heterocycles. The van der Waals surface area contributed by atoms with Crippen LogP contribution in [0, 0.1) is 5.41 Å². The van der Waals surface area contributed by atoms with Gasteiger partial charge in [-0.2, -0.15) is 0 Å². The molecule has 0 unspecified atom stereocenters. The minimum atomic E-state index is 0.504. The second-order valence-electron chi connectivity index (χ2n) is 9.50. The smallest absolute Gasteiger partial charge is 0.128 e. The Morgan fingerprint density at radius 2 is 1.88 bits per heavy atom. The maximum absolute atomic E-state index is 4.64. The molecule has 7 heteroatoms. The van der Waals surface area contributed by atoms with Gasteiger partial charge in [0.05, 0.1) is 18.2 Å². The zero-order valence-corrected chi connectivity index (χ0v) is 19.0. The quantitative estimate of drug-likeness (QED) is 0.493. The van der Waals surface area contributed by atoms with E-state index in [0.717, 1.165) is 66.4 Å². The highest BCUT2D eigenvalue weighted by Gasteiger charge is 2.43. The fourth-order valence-corrected chi connectivity index (χ4v) is 5.17. The standard InChI is InChI=1S/C26H29N7/c1-32-18-28-15-23(32)20-2-3-21-14-31-24(12-22(21)11-20)30-13-19-4-7-29-25(10-19)33-16-26(17-33)5-8-27-9-6-26/h2-4,7,10-12,14-15,18,27H,5-6,8-9,13,16-17H2,1H3,(H,30,31). The van der Waals surface area contributed by atoms with E-state index in [0.29, 0.717) is 5.41 Å². The molecular weight excluding hydrogens is 410 g/mol. The molecule has 0 amide bonds. The lowest BCUT2D eigenvalue weighted by molar-refractivity contribution is 0.149. The van der Waals surface area contributed by atoms with E-state index in [1.54, 1.807) is 0 Å². The van der Waals surface area contributed by atoms with Gasteiger partial charge in [-0.3, -0.25) is 0 Å². The third-order valence-corrected chi connectivity index (χ3v) is 7.16. The summed E-state index contributed by atoms with van der Waals surface area (Å²) in [6.07, 6.45) is 10.1. The molecule has 6 rings (SSSR count). The van der Waals surface area contributed by atoms with Crippen molar-refractivity contribution in [1.82, 2.24) is 24.8 Å². The monoisotopic (exact) mass is 439 g/mol. The number of piperidine rings is 1. The normalized spacial score (nSPS) is 17.3. The first-order chi connectivity index (χ1) is 16.2. The highest BCUT2D eigenvalue weighted by Crippen LogP contribution is 2.40. The van der Waals surface area contributed by atoms with Crippen LogP contribution in [0.1, 0.15) is 18.4 Å². The van der Waals surface area contributed by atoms with Crippen molar-refractivity contribution in [3.8, 4) is 11.3 Å². The summed E-state index contributed by atoms with van der Waals surface area (Å²) in [5, 5.41) is 9.26. The van der Waals surface area contributed by atoms with Crippen LogP contribution in [0.25, 0.3) is 22.0 Å². The number of fused-ring (bicyclic) bond motifs is 1. The maximum atomic E-state index is 4.64. The first-order valence-corrected chi connectivity index (χ1v) is 11.7. The molecule has 1 spiro atoms. The number of nitrogens with zero attached hydrogens (tertiary/aromatic N) is 5. The molecule has 2 fully saturated rings. The summed E-state index contributed by atoms with van der Waals surface area (Å²) in [6.45, 7) is 5.27. The molecule has 2 aliphatic rings. The van der Waals surface area contributed by atoms with Gasteiger partial charge in [0.1, 0.15) is 11.6 Å². The molecule has 33 heavy (non-hydrogen) atoms. The Morgan fingerprint density at radius 1 is 1.00 bits per heavy atom. The van der Waals surface area contributed by atoms with Crippen molar-refractivity contribution in [3.63, 3.8) is 0 Å². The minimum absolute atomic E-state index is 0.504. The summed E-state index contributed by atoms with van der Waals surface area (Å²) in [7, 11) is 2.02. The molecule has 2 N–H and O–H groups in total. The molecule has 2 saturated heterocycles. The Labute approximate surface area is 193 Å². The predicted octanol–water partition coefficient (Wildman–Crippen LogP) is 3.83. The summed E-state index contributed by atoms with van der Waals surface area (Å²) in [5.74, 6) is 1.96. The second-order valence-corrected chi connectivity index (χ2v) is 9.50. The number of pyridine rings is 2. The number of hydrogen-bond acceptors (Lipinski definition) is 6. The zero-order valence-electron chi connectivity index (χ0n) is 19.0. The Kier molecular flexibility index (Phi) is 4.99. The summed E-state index contributed by atoms with van der Waals surface area (Å²) in [5.41, 5.74) is 3.98. The van der Waals surface area contributed by atoms with Gasteiger partial charge in [-0.1, -0.05) is 12.1 Å². The molecule has 0 atom stereocenters. The number of imidazole rings is 1. The fourth-order valence-electron chi connectivity index (χ4n) is 5.17. The zero-order chi connectivity index (χ0) is 22.3. The highest BCUT2D eigenvalue weighted by molar-refractivity contribution is 5.88. The number of aryl methyl sites for hydroxylation is 1. The van der Waals surface area contributed by atoms with Crippen LogP contribution in [-0.4, -0.2) is 45.7 Å². The van der Waals surface area contributed by atoms with Gasteiger partial charge in [-0.25, -0.2) is 15.0 Å². The number of aromatic nitrogens is 4. The Hall–Kier alpha value is -3.45. The van der Waals surface area contributed by atoms with Crippen LogP contribution in [0.3, 0.4) is 0 Å². The van der Waals surface area contributed by atoms with E-state index in [-0.39, 0.29) is 0 Å². The van der Waals surface area contributed by atoms with Crippen LogP contribution in [0.15, 0.2) is 61.3 Å². The van der Waals surface area contributed by atoms with Crippen molar-refractivity contribution < 1.29 is 0 Å². The van der Waals surface area contributed by atoms with E-state index in [4.69, 9.17) is 0 Å². The number of benzene rings is 1. The number of rotatable bonds is 5. The van der Waals surface area contributed by atoms with Crippen molar-refractivity contribution in [2.24, 2.45) is 12.5 Å². The van der Waals surface area contributed by atoms with Crippen LogP contribution < -0.4 is 15.5 Å². The van der Waals surface area contributed by atoms with Crippen molar-refractivity contribution in [3.05, 3.63) is 66.9 Å². The van der Waals surface area contributed by atoms with Gasteiger partial charge in [0.25, 0.3) is 0 Å². The lowest BCUT2D eigenvalue weighted by atomic mass is 9.72. The molecule has 4 aromatic rings. The van der Waals surface area contributed by atoms with Gasteiger partial charge in [0.15, 0.2) is 0 Å². The van der Waals surface area contributed by atoms with Crippen molar-refractivity contribution >= 4 is 22.4 Å². The fraction of sp³-hybridized carbons (Fsp3) is 0.346. The summed E-state index contributed by atoms with van der Waals surface area (Å²) in [4.78, 5) is 15.9. The van der Waals surface area contributed by atoms with Gasteiger partial charge in [-0.05, 0) is 61.1 Å². The van der Waals surface area contributed by atoms with Crippen molar-refractivity contribution in [1.29, 1.82) is 0 Å². The van der Waals surface area contributed by atoms with E-state index < -0.39 is 0 Å². The van der Waals surface area contributed by atoms with E-state index >= 15 is 0 Å². The maximum Gasteiger partial charge on any atom is 0.128 e. The molecule has 168 valence electrons. The van der Waals surface area contributed by atoms with Crippen LogP contribution in [0.5, 0.6) is 0 Å². The first kappa shape index (κ1) is 20.2. The van der Waals surface area contributed by atoms with E-state index in [2.05, 4.69) is 66.9 Å². The molecule has 0 saturated carbocycles. The number of hydrogen-bond donors (Lipinski definition) is 2. The Balaban J connectivity index is 1.15. The number of nitrogens with one attached hydrogen (secondary N) is 2. The van der Waals surface area contributed by atoms with Gasteiger partial charge in [-0.15, -0.1) is 0 Å². The lowest BCUT2D eigenvalue weighted by Gasteiger charge is -2.53. The average molecular weight is 440 g/mol. The minimum Gasteiger partial charge on any atom is -0.366 e. The predicted molar refractivity (Wildman–Crippen MR) is 132 cm³/mol. The van der Waals surface area contributed by atoms with E-state index in [1.165, 1.54) is 18.4 Å². The van der Waals surface area contributed by atoms with E-state index in [9.17, 15) is 0 Å². The average Bonchev–Trinajstić information content (AvgIpc) is 3.27. The Morgan fingerprint density at radius 3 is 2.70 bits per heavy atom. The summed E-state index contributed by atoms with van der Waals surface area (Å²) < 4.78 is 2.04. The topological polar surface area (TPSA) is 70.9 Å². The first-order valence-electron chi connectivity index (χ1n) is 11.7. The third kappa shape index (κ3) is 3.93. The van der Waals surface area contributed by atoms with Crippen molar-refractivity contribution in [2.75, 3.05) is 36.4 Å². The molecular formula is C26H29N7. The lowest BCUT2D eigenvalue weighted by Crippen LogP contribution is -2.60. The van der Waals surface area contributed by atoms with Crippen LogP contribution in [0.2, 0.25) is 0 Å². The molecule has 0 radical (unpaired) electrons. The van der Waals surface area contributed by atoms with Crippen LogP contribution in [0.4, 0.5) is 11.6 Å². The molecule has 1 aromatic carbocycles. The van der Waals surface area contributed by atoms with Gasteiger partial charge >= 0.3 is 0 Å². The Bertz CT molecular complexity index is 1280. The van der Waals surface area contributed by atoms with Crippen molar-refractivity contribution in [2.45, 2.75) is 19.4 Å². The summed E-state index contributed by atoms with van der Waals surface area (Å²) >= 11 is 0. The molecule has 0 bridgehead atoms. The van der Waals surface area contributed by atoms with Gasteiger partial charge < -0.3 is 20.1 Å². The largest absolute Gasteiger partial charge is 0.366 e. The highest BCUT2D eigenvalue weighted by atomic mass is 15.3. The molecule has 5 heterocycles. The van der Waals surface area contributed by atoms with Gasteiger partial charge in [0, 0.05) is 55.4 Å². The SMILES string of the molecule is Cn1cncc1-c1ccc2cnc(NCc3ccnc(N4CC5(CCNCC5)C4)c3)cc2c1. The molecule has 0 aliphatic carbocycles. The van der Waals surface area contributed by atoms with E-state index in [1.807, 2.05) is 36.5 Å². The summed E-state index contributed by atoms with van der Waals surface area (Å²) in [6, 6.07) is 12.8. The van der Waals surface area contributed by atoms with Crippen LogP contribution >= 0.6 is 0 Å². The number of anilines is 2. The second kappa shape index (κ2) is 8.15. The third-order valence-electron chi connectivity index (χ3n) is 7.16.